The van der Waals surface area contributed by atoms with Gasteiger partial charge in [0.15, 0.2) is 5.16 Å². The number of nitrogens with one attached hydrogen (secondary N) is 2. The van der Waals surface area contributed by atoms with E-state index in [1.807, 2.05) is 25.1 Å². The average Bonchev–Trinajstić information content (AvgIpc) is 2.44. The van der Waals surface area contributed by atoms with E-state index in [-0.39, 0.29) is 0 Å². The third-order valence-corrected chi connectivity index (χ3v) is 4.13. The summed E-state index contributed by atoms with van der Waals surface area (Å²) in [5.74, 6) is 0. The second-order valence-electron chi connectivity index (χ2n) is 4.33. The van der Waals surface area contributed by atoms with Gasteiger partial charge in [-0.3, -0.25) is 19.4 Å². The number of benzene rings is 1. The minimum absolute atomic E-state index is 0.402. The third kappa shape index (κ3) is 3.96. The molecule has 0 spiro atoms. The molecule has 2 N–H and O–H groups in total. The first-order valence-electron chi connectivity index (χ1n) is 6.35. The van der Waals surface area contributed by atoms with Crippen molar-refractivity contribution in [1.29, 1.82) is 0 Å². The van der Waals surface area contributed by atoms with Crippen molar-refractivity contribution >= 4 is 23.4 Å². The SMILES string of the molecule is CCNCc1ccc(Cl)cc1Sc1nc(=O)c(=O)[nH]n1C. The number of nitrogens with zero attached hydrogens (tertiary/aromatic N) is 2. The highest BCUT2D eigenvalue weighted by molar-refractivity contribution is 7.99. The lowest BCUT2D eigenvalue weighted by Crippen LogP contribution is -2.33. The Morgan fingerprint density at radius 2 is 2.19 bits per heavy atom. The van der Waals surface area contributed by atoms with Crippen LogP contribution in [0.15, 0.2) is 37.8 Å². The van der Waals surface area contributed by atoms with E-state index in [4.69, 9.17) is 11.6 Å². The topological polar surface area (TPSA) is 79.8 Å². The first-order valence-corrected chi connectivity index (χ1v) is 7.55. The molecule has 21 heavy (non-hydrogen) atoms. The minimum Gasteiger partial charge on any atom is -0.313 e. The monoisotopic (exact) mass is 326 g/mol. The number of hydrogen-bond donors (Lipinski definition) is 2. The number of hydrogen-bond acceptors (Lipinski definition) is 5. The zero-order chi connectivity index (χ0) is 15.4. The van der Waals surface area contributed by atoms with Crippen LogP contribution in [0.2, 0.25) is 5.02 Å². The van der Waals surface area contributed by atoms with E-state index in [0.29, 0.717) is 16.7 Å². The molecule has 0 fully saturated rings. The van der Waals surface area contributed by atoms with E-state index in [1.54, 1.807) is 7.05 Å². The van der Waals surface area contributed by atoms with E-state index in [9.17, 15) is 9.59 Å². The van der Waals surface area contributed by atoms with E-state index in [2.05, 4.69) is 15.4 Å². The molecule has 0 radical (unpaired) electrons. The fourth-order valence-corrected chi connectivity index (χ4v) is 2.88. The molecule has 2 aromatic rings. The lowest BCUT2D eigenvalue weighted by atomic mass is 10.2. The van der Waals surface area contributed by atoms with Gasteiger partial charge in [-0.2, -0.15) is 4.98 Å². The highest BCUT2D eigenvalue weighted by Gasteiger charge is 2.10. The summed E-state index contributed by atoms with van der Waals surface area (Å²) in [6.45, 7) is 3.56. The Kier molecular flexibility index (Phi) is 5.22. The maximum absolute atomic E-state index is 11.4. The Balaban J connectivity index is 2.38. The van der Waals surface area contributed by atoms with Gasteiger partial charge in [-0.1, -0.05) is 24.6 Å². The molecule has 1 heterocycles. The first kappa shape index (κ1) is 15.8. The quantitative estimate of drug-likeness (QED) is 0.812. The van der Waals surface area contributed by atoms with Crippen LogP contribution in [0, 0.1) is 0 Å². The summed E-state index contributed by atoms with van der Waals surface area (Å²) in [6.07, 6.45) is 0. The lowest BCUT2D eigenvalue weighted by Gasteiger charge is -2.11. The minimum atomic E-state index is -0.800. The number of aryl methyl sites for hydroxylation is 1. The molecular formula is C13H15ClN4O2S. The van der Waals surface area contributed by atoms with Crippen molar-refractivity contribution in [3.63, 3.8) is 0 Å². The van der Waals surface area contributed by atoms with Crippen molar-refractivity contribution < 1.29 is 0 Å². The van der Waals surface area contributed by atoms with Gasteiger partial charge in [-0.25, -0.2) is 0 Å². The Morgan fingerprint density at radius 1 is 1.43 bits per heavy atom. The van der Waals surface area contributed by atoms with Crippen LogP contribution in [0.4, 0.5) is 0 Å². The lowest BCUT2D eigenvalue weighted by molar-refractivity contribution is 0.596. The fourth-order valence-electron chi connectivity index (χ4n) is 1.68. The summed E-state index contributed by atoms with van der Waals surface area (Å²) in [5, 5.41) is 6.67. The Labute approximate surface area is 130 Å². The molecule has 0 saturated heterocycles. The molecule has 2 rings (SSSR count). The van der Waals surface area contributed by atoms with Crippen LogP contribution >= 0.6 is 23.4 Å². The fraction of sp³-hybridized carbons (Fsp3) is 0.308. The summed E-state index contributed by atoms with van der Waals surface area (Å²) in [4.78, 5) is 27.3. The molecule has 6 nitrogen and oxygen atoms in total. The maximum atomic E-state index is 11.4. The average molecular weight is 327 g/mol. The molecule has 0 atom stereocenters. The van der Waals surface area contributed by atoms with E-state index in [0.717, 1.165) is 17.0 Å². The molecule has 0 unspecified atom stereocenters. The van der Waals surface area contributed by atoms with Crippen molar-refractivity contribution in [2.24, 2.45) is 7.05 Å². The van der Waals surface area contributed by atoms with Crippen LogP contribution in [-0.2, 0) is 13.6 Å². The standard InChI is InChI=1S/C13H15ClN4O2S/c1-3-15-7-8-4-5-9(14)6-10(8)21-13-16-11(19)12(20)17-18(13)2/h4-6,15H,3,7H2,1-2H3,(H,17,20). The third-order valence-electron chi connectivity index (χ3n) is 2.74. The number of halogens is 1. The Bertz CT molecular complexity index is 757. The normalized spacial score (nSPS) is 10.8. The number of H-pyrrole nitrogens is 1. The predicted molar refractivity (Wildman–Crippen MR) is 83.1 cm³/mol. The number of aromatic nitrogens is 3. The van der Waals surface area contributed by atoms with Gasteiger partial charge in [-0.05, 0) is 36.0 Å². The molecule has 1 aromatic heterocycles. The largest absolute Gasteiger partial charge is 0.339 e. The number of rotatable bonds is 5. The van der Waals surface area contributed by atoms with Crippen LogP contribution < -0.4 is 16.4 Å². The summed E-state index contributed by atoms with van der Waals surface area (Å²) < 4.78 is 1.42. The molecular weight excluding hydrogens is 312 g/mol. The zero-order valence-corrected chi connectivity index (χ0v) is 13.2. The van der Waals surface area contributed by atoms with Gasteiger partial charge in [0.1, 0.15) is 0 Å². The predicted octanol–water partition coefficient (Wildman–Crippen LogP) is 1.38. The van der Waals surface area contributed by atoms with Gasteiger partial charge < -0.3 is 5.32 Å². The first-order chi connectivity index (χ1) is 10.0. The Morgan fingerprint density at radius 3 is 2.90 bits per heavy atom. The van der Waals surface area contributed by atoms with Gasteiger partial charge in [0, 0.05) is 23.5 Å². The Hall–Kier alpha value is -1.57. The molecule has 1 aromatic carbocycles. The second kappa shape index (κ2) is 6.93. The smallest absolute Gasteiger partial charge is 0.313 e. The van der Waals surface area contributed by atoms with E-state index >= 15 is 0 Å². The van der Waals surface area contributed by atoms with Gasteiger partial charge >= 0.3 is 11.1 Å². The number of aromatic amines is 1. The summed E-state index contributed by atoms with van der Waals surface area (Å²) in [5.41, 5.74) is -0.488. The summed E-state index contributed by atoms with van der Waals surface area (Å²) >= 11 is 7.32. The summed E-state index contributed by atoms with van der Waals surface area (Å²) in [7, 11) is 1.63. The highest BCUT2D eigenvalue weighted by Crippen LogP contribution is 2.30. The van der Waals surface area contributed by atoms with E-state index < -0.39 is 11.1 Å². The van der Waals surface area contributed by atoms with Gasteiger partial charge in [0.05, 0.1) is 0 Å². The van der Waals surface area contributed by atoms with Crippen molar-refractivity contribution in [2.45, 2.75) is 23.5 Å². The van der Waals surface area contributed by atoms with Crippen LogP contribution in [0.1, 0.15) is 12.5 Å². The molecule has 0 aliphatic carbocycles. The molecule has 0 aliphatic rings. The molecule has 112 valence electrons. The maximum Gasteiger partial charge on any atom is 0.339 e. The molecule has 0 saturated carbocycles. The van der Waals surface area contributed by atoms with Crippen molar-refractivity contribution in [2.75, 3.05) is 6.54 Å². The molecule has 0 amide bonds. The van der Waals surface area contributed by atoms with Crippen molar-refractivity contribution in [1.82, 2.24) is 20.1 Å². The van der Waals surface area contributed by atoms with Crippen LogP contribution in [0.25, 0.3) is 0 Å². The van der Waals surface area contributed by atoms with Gasteiger partial charge in [0.25, 0.3) is 0 Å². The van der Waals surface area contributed by atoms with Crippen LogP contribution in [0.3, 0.4) is 0 Å². The van der Waals surface area contributed by atoms with Crippen molar-refractivity contribution in [3.05, 3.63) is 49.5 Å². The van der Waals surface area contributed by atoms with Crippen LogP contribution in [0.5, 0.6) is 0 Å². The second-order valence-corrected chi connectivity index (χ2v) is 5.78. The van der Waals surface area contributed by atoms with Crippen molar-refractivity contribution in [3.8, 4) is 0 Å². The van der Waals surface area contributed by atoms with E-state index in [1.165, 1.54) is 16.4 Å². The highest BCUT2D eigenvalue weighted by atomic mass is 35.5. The van der Waals surface area contributed by atoms with Gasteiger partial charge in [0.2, 0.25) is 0 Å². The van der Waals surface area contributed by atoms with Gasteiger partial charge in [-0.15, -0.1) is 0 Å². The van der Waals surface area contributed by atoms with Crippen LogP contribution in [-0.4, -0.2) is 21.3 Å². The molecule has 8 heteroatoms. The molecule has 0 aliphatic heterocycles. The summed E-state index contributed by atoms with van der Waals surface area (Å²) in [6, 6.07) is 5.56. The molecule has 0 bridgehead atoms. The zero-order valence-electron chi connectivity index (χ0n) is 11.6.